The number of rotatable bonds is 4. The number of ether oxygens (including phenoxy) is 2. The van der Waals surface area contributed by atoms with Crippen LogP contribution in [-0.2, 0) is 11.6 Å². The molecule has 1 heterocycles. The molecule has 0 spiro atoms. The van der Waals surface area contributed by atoms with Crippen LogP contribution in [0.2, 0.25) is 0 Å². The lowest BCUT2D eigenvalue weighted by Gasteiger charge is -2.24. The van der Waals surface area contributed by atoms with E-state index in [1.165, 1.54) is 6.07 Å². The van der Waals surface area contributed by atoms with Crippen molar-refractivity contribution in [2.75, 3.05) is 12.1 Å². The molecule has 7 heteroatoms. The maximum atomic E-state index is 14.0. The van der Waals surface area contributed by atoms with Gasteiger partial charge in [-0.1, -0.05) is 33.4 Å². The molecule has 1 fully saturated rings. The van der Waals surface area contributed by atoms with Crippen LogP contribution in [0.1, 0.15) is 55.9 Å². The van der Waals surface area contributed by atoms with E-state index in [9.17, 15) is 13.2 Å². The van der Waals surface area contributed by atoms with Gasteiger partial charge in [0.2, 0.25) is 6.79 Å². The molecule has 0 unspecified atom stereocenters. The molecule has 3 aliphatic rings. The zero-order valence-corrected chi connectivity index (χ0v) is 18.7. The van der Waals surface area contributed by atoms with Gasteiger partial charge >= 0.3 is 6.18 Å². The second kappa shape index (κ2) is 6.89. The molecule has 4 nitrogen and oxygen atoms in total. The number of hydrogen-bond donors (Lipinski definition) is 2. The van der Waals surface area contributed by atoms with Crippen LogP contribution in [0.4, 0.5) is 18.9 Å². The van der Waals surface area contributed by atoms with Crippen molar-refractivity contribution < 1.29 is 22.6 Å². The van der Waals surface area contributed by atoms with Crippen LogP contribution in [-0.4, -0.2) is 12.5 Å². The first-order valence-electron chi connectivity index (χ1n) is 10.8. The molecule has 2 aliphatic carbocycles. The van der Waals surface area contributed by atoms with Gasteiger partial charge in [0.1, 0.15) is 0 Å². The van der Waals surface area contributed by atoms with E-state index >= 15 is 0 Å². The number of halogens is 3. The third-order valence-corrected chi connectivity index (χ3v) is 6.68. The summed E-state index contributed by atoms with van der Waals surface area (Å²) >= 11 is 0. The largest absolute Gasteiger partial charge is 0.454 e. The third-order valence-electron chi connectivity index (χ3n) is 6.68. The van der Waals surface area contributed by atoms with Crippen LogP contribution in [0.25, 0.3) is 6.08 Å². The van der Waals surface area contributed by atoms with E-state index in [0.717, 1.165) is 30.0 Å². The summed E-state index contributed by atoms with van der Waals surface area (Å²) in [6.45, 7) is 10.1. The molecule has 5 rings (SSSR count). The molecule has 0 atom stereocenters. The number of allylic oxidation sites excluding steroid dienone is 2. The summed E-state index contributed by atoms with van der Waals surface area (Å²) < 4.78 is 52.9. The Bertz CT molecular complexity index is 1230. The van der Waals surface area contributed by atoms with Crippen molar-refractivity contribution in [3.8, 4) is 11.5 Å². The Labute approximate surface area is 190 Å². The van der Waals surface area contributed by atoms with E-state index in [4.69, 9.17) is 14.9 Å². The summed E-state index contributed by atoms with van der Waals surface area (Å²) in [5, 5.41) is 11.4. The average Bonchev–Trinajstić information content (AvgIpc) is 3.29. The van der Waals surface area contributed by atoms with Gasteiger partial charge in [0.15, 0.2) is 11.5 Å². The van der Waals surface area contributed by atoms with E-state index in [1.807, 2.05) is 45.0 Å². The fraction of sp³-hybridized carbons (Fsp3) is 0.346. The molecule has 0 aromatic heterocycles. The predicted octanol–water partition coefficient (Wildman–Crippen LogP) is 6.90. The van der Waals surface area contributed by atoms with Crippen LogP contribution in [0.15, 0.2) is 48.2 Å². The van der Waals surface area contributed by atoms with Crippen molar-refractivity contribution in [3.05, 3.63) is 70.4 Å². The predicted molar refractivity (Wildman–Crippen MR) is 122 cm³/mol. The Kier molecular flexibility index (Phi) is 4.51. The molecule has 0 radical (unpaired) electrons. The zero-order chi connectivity index (χ0) is 23.8. The Morgan fingerprint density at radius 2 is 1.76 bits per heavy atom. The minimum atomic E-state index is -4.57. The Hall–Kier alpha value is -3.22. The van der Waals surface area contributed by atoms with Crippen LogP contribution in [0.3, 0.4) is 0 Å². The lowest BCUT2D eigenvalue weighted by atomic mass is 9.84. The van der Waals surface area contributed by atoms with Gasteiger partial charge in [-0.2, -0.15) is 13.2 Å². The van der Waals surface area contributed by atoms with Crippen molar-refractivity contribution in [2.45, 2.75) is 45.2 Å². The normalized spacial score (nSPS) is 18.1. The molecule has 2 aromatic carbocycles. The molecule has 1 aliphatic heterocycles. The van der Waals surface area contributed by atoms with Crippen molar-refractivity contribution in [3.63, 3.8) is 0 Å². The first-order valence-corrected chi connectivity index (χ1v) is 10.8. The summed E-state index contributed by atoms with van der Waals surface area (Å²) in [5.41, 5.74) is 1.60. The highest BCUT2D eigenvalue weighted by Crippen LogP contribution is 2.55. The summed E-state index contributed by atoms with van der Waals surface area (Å²) in [6.07, 6.45) is -1.19. The Morgan fingerprint density at radius 1 is 1.06 bits per heavy atom. The molecule has 2 aromatic rings. The van der Waals surface area contributed by atoms with E-state index in [2.05, 4.69) is 11.9 Å². The standard InChI is InChI=1S/C26H25F3N2O2/c1-14(25(7-8-25)16-5-6-21-22(11-16)33-13-32-21)31-20-10-15-9-19(24(2,3)4)23(30)17(15)12-18(20)26(27,28)29/h5-6,9-12,30-31H,1,7-8,13H2,2-4H3. The highest BCUT2D eigenvalue weighted by atomic mass is 19.4. The topological polar surface area (TPSA) is 54.3 Å². The molecule has 0 amide bonds. The summed E-state index contributed by atoms with van der Waals surface area (Å²) in [4.78, 5) is 0. The van der Waals surface area contributed by atoms with Gasteiger partial charge in [-0.05, 0) is 65.3 Å². The fourth-order valence-corrected chi connectivity index (χ4v) is 4.62. The highest BCUT2D eigenvalue weighted by Gasteiger charge is 2.48. The summed E-state index contributed by atoms with van der Waals surface area (Å²) in [7, 11) is 0. The molecule has 2 N–H and O–H groups in total. The summed E-state index contributed by atoms with van der Waals surface area (Å²) in [5.74, 6) is 1.30. The third kappa shape index (κ3) is 3.50. The van der Waals surface area contributed by atoms with Crippen molar-refractivity contribution in [1.82, 2.24) is 0 Å². The van der Waals surface area contributed by atoms with E-state index in [0.29, 0.717) is 28.3 Å². The number of nitrogens with one attached hydrogen (secondary N) is 2. The molecule has 172 valence electrons. The number of fused-ring (bicyclic) bond motifs is 2. The van der Waals surface area contributed by atoms with Crippen LogP contribution < -0.4 is 14.8 Å². The van der Waals surface area contributed by atoms with Crippen molar-refractivity contribution in [2.24, 2.45) is 5.41 Å². The summed E-state index contributed by atoms with van der Waals surface area (Å²) in [6, 6.07) is 8.20. The van der Waals surface area contributed by atoms with Gasteiger partial charge in [0.05, 0.1) is 17.0 Å². The van der Waals surface area contributed by atoms with Gasteiger partial charge in [-0.15, -0.1) is 0 Å². The second-order valence-electron chi connectivity index (χ2n) is 9.92. The van der Waals surface area contributed by atoms with E-state index < -0.39 is 17.2 Å². The molecular formula is C26H25F3N2O2. The first kappa shape index (κ1) is 21.6. The number of alkyl halides is 3. The SMILES string of the molecule is C=C(Nc1cc2c(cc1C(F)(F)F)C(=N)C(C(C)(C)C)=C2)C1(c2ccc3c(c2)OCO3)CC1. The molecule has 0 saturated heterocycles. The maximum absolute atomic E-state index is 14.0. The monoisotopic (exact) mass is 454 g/mol. The van der Waals surface area contributed by atoms with Gasteiger partial charge in [0, 0.05) is 16.7 Å². The lowest BCUT2D eigenvalue weighted by Crippen LogP contribution is -2.19. The van der Waals surface area contributed by atoms with Crippen LogP contribution in [0, 0.1) is 10.8 Å². The van der Waals surface area contributed by atoms with Crippen molar-refractivity contribution >= 4 is 17.5 Å². The number of anilines is 1. The van der Waals surface area contributed by atoms with Crippen LogP contribution >= 0.6 is 0 Å². The van der Waals surface area contributed by atoms with E-state index in [1.54, 1.807) is 0 Å². The Morgan fingerprint density at radius 3 is 2.39 bits per heavy atom. The van der Waals surface area contributed by atoms with Gasteiger partial charge < -0.3 is 14.8 Å². The van der Waals surface area contributed by atoms with Gasteiger partial charge in [-0.25, -0.2) is 0 Å². The molecular weight excluding hydrogens is 429 g/mol. The maximum Gasteiger partial charge on any atom is 0.418 e. The average molecular weight is 454 g/mol. The smallest absolute Gasteiger partial charge is 0.418 e. The van der Waals surface area contributed by atoms with Crippen molar-refractivity contribution in [1.29, 1.82) is 5.41 Å². The van der Waals surface area contributed by atoms with Gasteiger partial charge in [-0.3, -0.25) is 5.41 Å². The quantitative estimate of drug-likeness (QED) is 0.528. The van der Waals surface area contributed by atoms with Crippen LogP contribution in [0.5, 0.6) is 11.5 Å². The van der Waals surface area contributed by atoms with Gasteiger partial charge in [0.25, 0.3) is 0 Å². The molecule has 1 saturated carbocycles. The number of hydrogen-bond acceptors (Lipinski definition) is 4. The second-order valence-corrected chi connectivity index (χ2v) is 9.92. The Balaban J connectivity index is 1.51. The van der Waals surface area contributed by atoms with E-state index in [-0.39, 0.29) is 23.6 Å². The molecule has 33 heavy (non-hydrogen) atoms. The zero-order valence-electron chi connectivity index (χ0n) is 18.7. The number of benzene rings is 2. The minimum absolute atomic E-state index is 0.0440. The minimum Gasteiger partial charge on any atom is -0.454 e. The first-order chi connectivity index (χ1) is 15.4. The fourth-order valence-electron chi connectivity index (χ4n) is 4.62. The highest BCUT2D eigenvalue weighted by molar-refractivity contribution is 6.20. The lowest BCUT2D eigenvalue weighted by molar-refractivity contribution is -0.136. The molecule has 0 bridgehead atoms.